The van der Waals surface area contributed by atoms with Crippen LogP contribution in [0.25, 0.3) is 0 Å². The van der Waals surface area contributed by atoms with Crippen LogP contribution in [0.2, 0.25) is 0 Å². The molecule has 0 aliphatic heterocycles. The molecule has 0 aromatic carbocycles. The molecule has 0 bridgehead atoms. The van der Waals surface area contributed by atoms with Gasteiger partial charge in [-0.3, -0.25) is 0 Å². The fourth-order valence-electron chi connectivity index (χ4n) is 0. The van der Waals surface area contributed by atoms with E-state index < -0.39 is 10.2 Å². The molecule has 0 saturated carbocycles. The van der Waals surface area contributed by atoms with E-state index >= 15 is 0 Å². The summed E-state index contributed by atoms with van der Waals surface area (Å²) in [6.07, 6.45) is 0. The van der Waals surface area contributed by atoms with Crippen LogP contribution in [0, 0.1) is 10.2 Å². The summed E-state index contributed by atoms with van der Waals surface area (Å²) >= 11 is 0. The van der Waals surface area contributed by atoms with Gasteiger partial charge in [0.15, 0.2) is 0 Å². The van der Waals surface area contributed by atoms with Crippen molar-refractivity contribution in [3.63, 3.8) is 0 Å². The van der Waals surface area contributed by atoms with Crippen molar-refractivity contribution in [2.75, 3.05) is 0 Å². The summed E-state index contributed by atoms with van der Waals surface area (Å²) in [5.41, 5.74) is 0. The predicted octanol–water partition coefficient (Wildman–Crippen LogP) is -3.49. The van der Waals surface area contributed by atoms with Crippen LogP contribution in [0.4, 0.5) is 0 Å². The summed E-state index contributed by atoms with van der Waals surface area (Å²) in [6.45, 7) is 0. The second-order valence-electron chi connectivity index (χ2n) is 0.415. The predicted molar refractivity (Wildman–Crippen MR) is 4.44 cm³/mol. The van der Waals surface area contributed by atoms with Gasteiger partial charge in [0.1, 0.15) is 0 Å². The van der Waals surface area contributed by atoms with E-state index in [1.165, 1.54) is 0 Å². The molecule has 0 aliphatic carbocycles. The summed E-state index contributed by atoms with van der Waals surface area (Å²) < 4.78 is 31.5. The molecule has 0 heterocycles. The Morgan fingerprint density at radius 3 is 1.20 bits per heavy atom. The summed E-state index contributed by atoms with van der Waals surface area (Å²) in [4.78, 5) is 0. The van der Waals surface area contributed by atoms with Crippen LogP contribution < -0.4 is 9.32 Å². The Morgan fingerprint density at radius 2 is 1.20 bits per heavy atom. The molecule has 2 N–H and O–H groups in total. The van der Waals surface area contributed by atoms with Crippen molar-refractivity contribution < 1.29 is 28.9 Å². The first-order valence-corrected chi connectivity index (χ1v) is 1.94. The Hall–Kier alpha value is 0.130. The van der Waals surface area contributed by atoms with Crippen molar-refractivity contribution in [1.82, 2.24) is 0 Å². The van der Waals surface area contributed by atoms with Gasteiger partial charge >= 0.3 is 28.9 Å². The molecule has 5 heavy (non-hydrogen) atoms. The second-order valence-corrected chi connectivity index (χ2v) is 1.24. The number of hydrogen-bond donors (Lipinski definition) is 2. The molecule has 0 unspecified atom stereocenters. The summed E-state index contributed by atoms with van der Waals surface area (Å²) in [5, 5.41) is 0. The van der Waals surface area contributed by atoms with Crippen LogP contribution in [0.3, 0.4) is 0 Å². The molecule has 0 spiro atoms. The van der Waals surface area contributed by atoms with E-state index in [1.807, 2.05) is 0 Å². The third-order valence-electron chi connectivity index (χ3n) is 0. The minimum absolute atomic E-state index is 4.44. The Labute approximate surface area is 30.0 Å². The van der Waals surface area contributed by atoms with Crippen LogP contribution >= 0.6 is 0 Å². The van der Waals surface area contributed by atoms with Crippen LogP contribution in [-0.2, 0) is 0 Å². The fourth-order valence-corrected chi connectivity index (χ4v) is 0. The SMILES string of the molecule is [O-][Cl+]([O-])(O)O. The molecular formula is H2ClO4-. The Morgan fingerprint density at radius 1 is 1.20 bits per heavy atom. The molecule has 0 fully saturated rings. The van der Waals surface area contributed by atoms with Gasteiger partial charge < -0.3 is 0 Å². The Kier molecular flexibility index (Phi) is 1.10. The molecule has 0 aliphatic rings. The fraction of sp³-hybridized carbons (Fsp3) is 0. The zero-order valence-corrected chi connectivity index (χ0v) is 2.84. The maximum atomic E-state index is 8.72. The minimum atomic E-state index is -4.44. The number of rotatable bonds is 0. The average molecular weight is 101 g/mol. The summed E-state index contributed by atoms with van der Waals surface area (Å²) in [6, 6.07) is 0. The van der Waals surface area contributed by atoms with Gasteiger partial charge in [-0.2, -0.15) is 0 Å². The molecule has 0 aromatic heterocycles. The van der Waals surface area contributed by atoms with Gasteiger partial charge in [-0.15, -0.1) is 0 Å². The first kappa shape index (κ1) is 5.13. The standard InChI is InChI=1S/ClH2O4/c2-1(3,4)5/h2-3H/q-1. The van der Waals surface area contributed by atoms with Gasteiger partial charge in [0, 0.05) is 0 Å². The van der Waals surface area contributed by atoms with Gasteiger partial charge in [0.2, 0.25) is 0 Å². The molecule has 0 amide bonds. The van der Waals surface area contributed by atoms with Gasteiger partial charge in [0.05, 0.1) is 0 Å². The number of halogens is 1. The first-order chi connectivity index (χ1) is 2.00. The zero-order chi connectivity index (χ0) is 4.50. The van der Waals surface area contributed by atoms with E-state index in [4.69, 9.17) is 18.6 Å². The average Bonchev–Trinajstić information content (AvgIpc) is 0.722. The summed E-state index contributed by atoms with van der Waals surface area (Å²) in [7, 11) is -4.44. The Bertz CT molecular complexity index is 19.1. The van der Waals surface area contributed by atoms with Crippen molar-refractivity contribution in [3.8, 4) is 0 Å². The van der Waals surface area contributed by atoms with Gasteiger partial charge in [-0.1, -0.05) is 0 Å². The monoisotopic (exact) mass is 101 g/mol. The van der Waals surface area contributed by atoms with Gasteiger partial charge in [-0.05, 0) is 0 Å². The van der Waals surface area contributed by atoms with Crippen molar-refractivity contribution in [3.05, 3.63) is 0 Å². The quantitative estimate of drug-likeness (QED) is 0.332. The first-order valence-electron chi connectivity index (χ1n) is 0.647. The molecule has 5 heteroatoms. The van der Waals surface area contributed by atoms with Crippen molar-refractivity contribution in [2.45, 2.75) is 0 Å². The molecule has 34 valence electrons. The third-order valence-corrected chi connectivity index (χ3v) is 0. The molecule has 0 radical (unpaired) electrons. The molecule has 4 nitrogen and oxygen atoms in total. The molecule has 0 aromatic rings. The van der Waals surface area contributed by atoms with E-state index in [9.17, 15) is 0 Å². The topological polar surface area (TPSA) is 86.6 Å². The van der Waals surface area contributed by atoms with Gasteiger partial charge in [-0.25, -0.2) is 0 Å². The zero-order valence-electron chi connectivity index (χ0n) is 2.09. The number of hydrogen-bond acceptors (Lipinski definition) is 4. The van der Waals surface area contributed by atoms with E-state index in [1.54, 1.807) is 0 Å². The maximum absolute atomic E-state index is 8.72. The van der Waals surface area contributed by atoms with Crippen LogP contribution in [0.1, 0.15) is 0 Å². The van der Waals surface area contributed by atoms with E-state index in [-0.39, 0.29) is 0 Å². The van der Waals surface area contributed by atoms with Gasteiger partial charge in [0.25, 0.3) is 0 Å². The third kappa shape index (κ3) is 1110. The second kappa shape index (κ2) is 1.08. The molecular weight excluding hydrogens is 99.4 g/mol. The molecule has 0 atom stereocenters. The van der Waals surface area contributed by atoms with Crippen molar-refractivity contribution in [1.29, 1.82) is 0 Å². The van der Waals surface area contributed by atoms with Crippen LogP contribution in [-0.4, -0.2) is 9.32 Å². The van der Waals surface area contributed by atoms with E-state index in [2.05, 4.69) is 0 Å². The van der Waals surface area contributed by atoms with Crippen LogP contribution in [0.5, 0.6) is 0 Å². The van der Waals surface area contributed by atoms with Crippen LogP contribution in [0.15, 0.2) is 0 Å². The van der Waals surface area contributed by atoms with E-state index in [0.717, 1.165) is 0 Å². The molecule has 0 rings (SSSR count). The Balaban J connectivity index is 3.02. The normalized spacial score (nSPS) is 15.2. The van der Waals surface area contributed by atoms with Crippen molar-refractivity contribution >= 4 is 0 Å². The summed E-state index contributed by atoms with van der Waals surface area (Å²) in [5.74, 6) is 0. The van der Waals surface area contributed by atoms with Crippen molar-refractivity contribution in [2.24, 2.45) is 0 Å². The van der Waals surface area contributed by atoms with E-state index in [0.29, 0.717) is 0 Å². The molecule has 0 saturated heterocycles.